The molecule has 3 aromatic rings. The summed E-state index contributed by atoms with van der Waals surface area (Å²) in [5, 5.41) is 55.4. The van der Waals surface area contributed by atoms with Crippen molar-refractivity contribution in [2.75, 3.05) is 13.7 Å². The summed E-state index contributed by atoms with van der Waals surface area (Å²) in [5.41, 5.74) is 0.317. The van der Waals surface area contributed by atoms with Crippen LogP contribution < -0.4 is 14.9 Å². The minimum absolute atomic E-state index is 0.127. The lowest BCUT2D eigenvalue weighted by molar-refractivity contribution is -0.351. The third-order valence-electron chi connectivity index (χ3n) is 9.22. The van der Waals surface area contributed by atoms with Crippen LogP contribution in [-0.4, -0.2) is 119 Å². The van der Waals surface area contributed by atoms with Gasteiger partial charge in [0.2, 0.25) is 17.5 Å². The number of methoxy groups -OCH3 is 1. The van der Waals surface area contributed by atoms with E-state index in [-0.39, 0.29) is 40.0 Å². The smallest absolute Gasteiger partial charge is 0.303 e. The molecule has 0 radical (unpaired) electrons. The Morgan fingerprint density at radius 1 is 0.807 bits per heavy atom. The number of carbonyl (C=O) groups is 3. The van der Waals surface area contributed by atoms with Crippen molar-refractivity contribution in [1.29, 1.82) is 0 Å². The average Bonchev–Trinajstić information content (AvgIpc) is 3.14. The SMILES string of the molecule is COc1ccc(-c2oc3c(CC=C(C)C)c(O)cc(O)c3c(=O)c2OC2OC(C)C(OC(C)=O)C(OC3OC(COC(C)=O)C(OC(C)=O)C(O)C3O)C2O)cc1. The molecule has 2 aromatic carbocycles. The first-order valence-electron chi connectivity index (χ1n) is 17.9. The number of aromatic hydroxyl groups is 2. The molecule has 0 spiro atoms. The highest BCUT2D eigenvalue weighted by Gasteiger charge is 2.53. The molecule has 5 N–H and O–H groups in total. The quantitative estimate of drug-likeness (QED) is 0.0998. The molecule has 5 rings (SSSR count). The van der Waals surface area contributed by atoms with Gasteiger partial charge >= 0.3 is 17.9 Å². The highest BCUT2D eigenvalue weighted by molar-refractivity contribution is 5.91. The van der Waals surface area contributed by atoms with Crippen molar-refractivity contribution in [3.8, 4) is 34.3 Å². The molecule has 18 heteroatoms. The second kappa shape index (κ2) is 17.9. The summed E-state index contributed by atoms with van der Waals surface area (Å²) in [6, 6.07) is 7.27. The third-order valence-corrected chi connectivity index (χ3v) is 9.22. The summed E-state index contributed by atoms with van der Waals surface area (Å²) >= 11 is 0. The molecule has 2 aliphatic rings. The number of benzene rings is 2. The molecule has 2 aliphatic heterocycles. The second-order valence-corrected chi connectivity index (χ2v) is 13.8. The molecule has 0 amide bonds. The van der Waals surface area contributed by atoms with Gasteiger partial charge in [-0.15, -0.1) is 0 Å². The number of esters is 3. The Bertz CT molecular complexity index is 2040. The number of aliphatic hydroxyl groups excluding tert-OH is 3. The zero-order valence-electron chi connectivity index (χ0n) is 32.2. The number of hydrogen-bond donors (Lipinski definition) is 5. The number of carbonyl (C=O) groups excluding carboxylic acids is 3. The summed E-state index contributed by atoms with van der Waals surface area (Å²) in [7, 11) is 1.46. The summed E-state index contributed by atoms with van der Waals surface area (Å²) < 4.78 is 51.1. The fourth-order valence-corrected chi connectivity index (χ4v) is 6.47. The van der Waals surface area contributed by atoms with Gasteiger partial charge in [0.25, 0.3) is 0 Å². The Kier molecular flexibility index (Phi) is 13.5. The number of aliphatic hydroxyl groups is 3. The number of rotatable bonds is 12. The van der Waals surface area contributed by atoms with Crippen LogP contribution in [0.15, 0.2) is 51.2 Å². The average molecular weight is 803 g/mol. The van der Waals surface area contributed by atoms with E-state index in [1.165, 1.54) is 14.0 Å². The molecule has 0 saturated carbocycles. The van der Waals surface area contributed by atoms with E-state index in [2.05, 4.69) is 0 Å². The monoisotopic (exact) mass is 802 g/mol. The van der Waals surface area contributed by atoms with Gasteiger partial charge in [0.1, 0.15) is 65.3 Å². The van der Waals surface area contributed by atoms with E-state index in [1.54, 1.807) is 30.3 Å². The fraction of sp³-hybridized carbons (Fsp3) is 0.487. The molecule has 0 aliphatic carbocycles. The van der Waals surface area contributed by atoms with Crippen molar-refractivity contribution in [3.63, 3.8) is 0 Å². The molecule has 18 nitrogen and oxygen atoms in total. The standard InChI is InChI=1S/C39H46O18/c1-16(2)8-13-23-24(43)14-25(44)27-28(45)36(33(55-34(23)27)21-9-11-22(49-7)12-10-21)56-39-31(48)37(32(17(3)51-39)52-19(5)41)57-38-30(47)29(46)35(53-20(6)42)26(54-38)15-50-18(4)40/h8-12,14,17,26,29-32,35,37-39,43-44,46-48H,13,15H2,1-7H3. The number of allylic oxidation sites excluding steroid dienone is 2. The Morgan fingerprint density at radius 3 is 2.05 bits per heavy atom. The molecule has 310 valence electrons. The highest BCUT2D eigenvalue weighted by Crippen LogP contribution is 2.41. The van der Waals surface area contributed by atoms with Gasteiger partial charge in [-0.1, -0.05) is 11.6 Å². The molecular weight excluding hydrogens is 756 g/mol. The van der Waals surface area contributed by atoms with Crippen LogP contribution >= 0.6 is 0 Å². The van der Waals surface area contributed by atoms with Gasteiger partial charge in [0.05, 0.1) is 13.2 Å². The van der Waals surface area contributed by atoms with E-state index in [0.29, 0.717) is 5.75 Å². The van der Waals surface area contributed by atoms with Crippen molar-refractivity contribution >= 4 is 28.9 Å². The van der Waals surface area contributed by atoms with Gasteiger partial charge in [-0.2, -0.15) is 0 Å². The van der Waals surface area contributed by atoms with Crippen molar-refractivity contribution in [3.05, 3.63) is 57.8 Å². The van der Waals surface area contributed by atoms with Crippen LogP contribution in [0.1, 0.15) is 47.1 Å². The van der Waals surface area contributed by atoms with E-state index in [1.807, 2.05) is 13.8 Å². The minimum Gasteiger partial charge on any atom is -0.507 e. The first kappa shape index (κ1) is 42.9. The van der Waals surface area contributed by atoms with Crippen molar-refractivity contribution < 1.29 is 82.2 Å². The molecule has 3 heterocycles. The number of phenolic OH excluding ortho intramolecular Hbond substituents is 2. The van der Waals surface area contributed by atoms with Gasteiger partial charge in [-0.25, -0.2) is 0 Å². The topological polar surface area (TPSA) is 256 Å². The number of hydrogen-bond acceptors (Lipinski definition) is 18. The van der Waals surface area contributed by atoms with E-state index >= 15 is 0 Å². The lowest BCUT2D eigenvalue weighted by Crippen LogP contribution is -2.65. The van der Waals surface area contributed by atoms with Crippen LogP contribution in [0.5, 0.6) is 23.0 Å². The molecule has 2 fully saturated rings. The highest BCUT2D eigenvalue weighted by atomic mass is 16.7. The van der Waals surface area contributed by atoms with E-state index in [0.717, 1.165) is 32.4 Å². The zero-order chi connectivity index (χ0) is 41.9. The van der Waals surface area contributed by atoms with E-state index in [4.69, 9.17) is 42.3 Å². The van der Waals surface area contributed by atoms with Crippen molar-refractivity contribution in [2.45, 2.75) is 109 Å². The first-order chi connectivity index (χ1) is 26.9. The summed E-state index contributed by atoms with van der Waals surface area (Å²) in [4.78, 5) is 50.1. The van der Waals surface area contributed by atoms with Crippen LogP contribution in [0, 0.1) is 0 Å². The normalized spacial score (nSPS) is 27.3. The maximum atomic E-state index is 14.4. The Morgan fingerprint density at radius 2 is 1.46 bits per heavy atom. The Labute approximate surface area is 326 Å². The van der Waals surface area contributed by atoms with Gasteiger partial charge in [0.15, 0.2) is 24.3 Å². The molecule has 10 unspecified atom stereocenters. The Balaban J connectivity index is 1.59. The largest absolute Gasteiger partial charge is 0.507 e. The van der Waals surface area contributed by atoms with Crippen LogP contribution in [0.3, 0.4) is 0 Å². The second-order valence-electron chi connectivity index (χ2n) is 13.8. The minimum atomic E-state index is -1.96. The maximum absolute atomic E-state index is 14.4. The first-order valence-corrected chi connectivity index (χ1v) is 17.9. The fourth-order valence-electron chi connectivity index (χ4n) is 6.47. The number of fused-ring (bicyclic) bond motifs is 1. The molecule has 1 aromatic heterocycles. The van der Waals surface area contributed by atoms with Crippen LogP contribution in [0.25, 0.3) is 22.3 Å². The van der Waals surface area contributed by atoms with Crippen molar-refractivity contribution in [1.82, 2.24) is 0 Å². The summed E-state index contributed by atoms with van der Waals surface area (Å²) in [5.74, 6) is -3.63. The molecule has 2 saturated heterocycles. The predicted octanol–water partition coefficient (Wildman–Crippen LogP) is 2.13. The third kappa shape index (κ3) is 9.49. The van der Waals surface area contributed by atoms with Crippen LogP contribution in [0.4, 0.5) is 0 Å². The van der Waals surface area contributed by atoms with Crippen LogP contribution in [0.2, 0.25) is 0 Å². The lowest BCUT2D eigenvalue weighted by atomic mass is 9.96. The number of ether oxygens (including phenoxy) is 8. The van der Waals surface area contributed by atoms with Gasteiger partial charge in [-0.3, -0.25) is 19.2 Å². The predicted molar refractivity (Wildman–Crippen MR) is 195 cm³/mol. The molecule has 10 atom stereocenters. The van der Waals surface area contributed by atoms with Gasteiger partial charge in [-0.05, 0) is 51.5 Å². The van der Waals surface area contributed by atoms with E-state index < -0.39 is 103 Å². The number of phenols is 2. The van der Waals surface area contributed by atoms with Crippen molar-refractivity contribution in [2.24, 2.45) is 0 Å². The molecule has 0 bridgehead atoms. The zero-order valence-corrected chi connectivity index (χ0v) is 32.2. The molecule has 57 heavy (non-hydrogen) atoms. The van der Waals surface area contributed by atoms with Gasteiger partial charge in [0, 0.05) is 38.0 Å². The summed E-state index contributed by atoms with van der Waals surface area (Å²) in [6.45, 7) is 7.83. The van der Waals surface area contributed by atoms with E-state index in [9.17, 15) is 44.7 Å². The summed E-state index contributed by atoms with van der Waals surface area (Å²) in [6.07, 6.45) is -14.6. The molecular formula is C39H46O18. The Hall–Kier alpha value is -5.24. The lowest BCUT2D eigenvalue weighted by Gasteiger charge is -2.46. The maximum Gasteiger partial charge on any atom is 0.303 e. The van der Waals surface area contributed by atoms with Crippen LogP contribution in [-0.2, 0) is 49.2 Å². The van der Waals surface area contributed by atoms with Gasteiger partial charge < -0.3 is 67.8 Å².